The number of piperazine rings is 1. The van der Waals surface area contributed by atoms with Crippen LogP contribution in [0.1, 0.15) is 5.56 Å². The Morgan fingerprint density at radius 1 is 1.00 bits per heavy atom. The highest BCUT2D eigenvalue weighted by Gasteiger charge is 2.31. The fourth-order valence-corrected chi connectivity index (χ4v) is 2.81. The van der Waals surface area contributed by atoms with Gasteiger partial charge in [-0.15, -0.1) is 0 Å². The minimum absolute atomic E-state index is 0.176. The molecule has 0 amide bonds. The summed E-state index contributed by atoms with van der Waals surface area (Å²) < 4.78 is 57.2. The second-order valence-electron chi connectivity index (χ2n) is 5.69. The summed E-state index contributed by atoms with van der Waals surface area (Å²) in [7, 11) is 1.40. The van der Waals surface area contributed by atoms with E-state index in [4.69, 9.17) is 4.74 Å². The Labute approximate surface area is 142 Å². The number of aromatic nitrogens is 1. The van der Waals surface area contributed by atoms with Crippen molar-refractivity contribution in [3.8, 4) is 5.75 Å². The summed E-state index contributed by atoms with van der Waals surface area (Å²) in [6.07, 6.45) is -3.22. The van der Waals surface area contributed by atoms with Crippen LogP contribution < -0.4 is 14.5 Å². The van der Waals surface area contributed by atoms with Crippen LogP contribution in [0.5, 0.6) is 5.75 Å². The van der Waals surface area contributed by atoms with E-state index in [0.717, 1.165) is 17.8 Å². The van der Waals surface area contributed by atoms with E-state index >= 15 is 0 Å². The van der Waals surface area contributed by atoms with Crippen molar-refractivity contribution >= 4 is 11.5 Å². The van der Waals surface area contributed by atoms with Gasteiger partial charge in [0.25, 0.3) is 0 Å². The zero-order valence-corrected chi connectivity index (χ0v) is 13.6. The first-order valence-corrected chi connectivity index (χ1v) is 7.75. The molecule has 25 heavy (non-hydrogen) atoms. The fraction of sp³-hybridized carbons (Fsp3) is 0.353. The molecule has 2 aromatic rings. The number of alkyl halides is 3. The summed E-state index contributed by atoms with van der Waals surface area (Å²) in [4.78, 5) is 7.82. The van der Waals surface area contributed by atoms with E-state index in [0.29, 0.717) is 32.0 Å². The lowest BCUT2D eigenvalue weighted by atomic mass is 10.2. The largest absolute Gasteiger partial charge is 0.494 e. The van der Waals surface area contributed by atoms with Gasteiger partial charge in [-0.3, -0.25) is 0 Å². The molecule has 1 aliphatic rings. The maximum Gasteiger partial charge on any atom is 0.416 e. The van der Waals surface area contributed by atoms with E-state index in [1.54, 1.807) is 17.0 Å². The number of nitrogens with zero attached hydrogens (tertiary/aromatic N) is 3. The third-order valence-electron chi connectivity index (χ3n) is 4.18. The summed E-state index contributed by atoms with van der Waals surface area (Å²) in [6, 6.07) is 6.74. The molecule has 4 nitrogen and oxygen atoms in total. The average molecular weight is 355 g/mol. The molecule has 1 aromatic heterocycles. The smallest absolute Gasteiger partial charge is 0.416 e. The van der Waals surface area contributed by atoms with Crippen molar-refractivity contribution in [3.63, 3.8) is 0 Å². The summed E-state index contributed by atoms with van der Waals surface area (Å²) in [6.45, 7) is 2.12. The molecule has 8 heteroatoms. The molecule has 0 unspecified atom stereocenters. The van der Waals surface area contributed by atoms with E-state index < -0.39 is 17.6 Å². The molecule has 1 aliphatic heterocycles. The number of hydrogen-bond donors (Lipinski definition) is 0. The van der Waals surface area contributed by atoms with Gasteiger partial charge in [0.15, 0.2) is 11.6 Å². The van der Waals surface area contributed by atoms with Crippen molar-refractivity contribution in [2.45, 2.75) is 6.18 Å². The first kappa shape index (κ1) is 17.3. The summed E-state index contributed by atoms with van der Waals surface area (Å²) in [5.41, 5.74) is 0.00658. The lowest BCUT2D eigenvalue weighted by molar-refractivity contribution is -0.137. The number of ether oxygens (including phenoxy) is 1. The zero-order chi connectivity index (χ0) is 18.0. The Balaban J connectivity index is 1.69. The Kier molecular flexibility index (Phi) is 4.69. The molecule has 1 aromatic carbocycles. The van der Waals surface area contributed by atoms with Crippen LogP contribution in [0.25, 0.3) is 0 Å². The summed E-state index contributed by atoms with van der Waals surface area (Å²) in [5, 5.41) is 0. The van der Waals surface area contributed by atoms with Crippen LogP contribution in [0.15, 0.2) is 36.5 Å². The number of methoxy groups -OCH3 is 1. The van der Waals surface area contributed by atoms with Gasteiger partial charge in [-0.2, -0.15) is 13.2 Å². The van der Waals surface area contributed by atoms with Crippen LogP contribution in [-0.2, 0) is 6.18 Å². The second kappa shape index (κ2) is 6.78. The first-order chi connectivity index (χ1) is 11.9. The van der Waals surface area contributed by atoms with Crippen LogP contribution in [0, 0.1) is 5.82 Å². The zero-order valence-electron chi connectivity index (χ0n) is 13.6. The highest BCUT2D eigenvalue weighted by molar-refractivity contribution is 5.52. The number of rotatable bonds is 3. The predicted molar refractivity (Wildman–Crippen MR) is 86.6 cm³/mol. The van der Waals surface area contributed by atoms with Gasteiger partial charge in [0.2, 0.25) is 0 Å². The highest BCUT2D eigenvalue weighted by Crippen LogP contribution is 2.31. The molecule has 0 aliphatic carbocycles. The maximum atomic E-state index is 13.8. The van der Waals surface area contributed by atoms with Crippen molar-refractivity contribution in [3.05, 3.63) is 47.9 Å². The van der Waals surface area contributed by atoms with E-state index in [1.807, 2.05) is 4.90 Å². The minimum Gasteiger partial charge on any atom is -0.494 e. The normalized spacial score (nSPS) is 15.4. The number of benzene rings is 1. The molecule has 3 rings (SSSR count). The van der Waals surface area contributed by atoms with Crippen LogP contribution in [0.4, 0.5) is 29.1 Å². The molecule has 0 N–H and O–H groups in total. The van der Waals surface area contributed by atoms with Crippen LogP contribution in [0.2, 0.25) is 0 Å². The quantitative estimate of drug-likeness (QED) is 0.787. The van der Waals surface area contributed by atoms with Crippen molar-refractivity contribution in [1.29, 1.82) is 0 Å². The standard InChI is InChI=1S/C17H17F4N3O/c1-25-15-3-2-13(11-14(15)18)23-6-8-24(9-7-23)16-10-12(4-5-22-16)17(19,20)21/h2-5,10-11H,6-9H2,1H3. The Morgan fingerprint density at radius 3 is 2.28 bits per heavy atom. The third-order valence-corrected chi connectivity index (χ3v) is 4.18. The molecular weight excluding hydrogens is 338 g/mol. The average Bonchev–Trinajstić information content (AvgIpc) is 2.61. The lowest BCUT2D eigenvalue weighted by Crippen LogP contribution is -2.46. The van der Waals surface area contributed by atoms with Gasteiger partial charge < -0.3 is 14.5 Å². The van der Waals surface area contributed by atoms with Crippen LogP contribution in [0.3, 0.4) is 0 Å². The molecule has 1 saturated heterocycles. The summed E-state index contributed by atoms with van der Waals surface area (Å²) in [5.74, 6) is 0.0351. The first-order valence-electron chi connectivity index (χ1n) is 7.75. The molecular formula is C17H17F4N3O. The van der Waals surface area contributed by atoms with Gasteiger partial charge in [-0.05, 0) is 24.3 Å². The predicted octanol–water partition coefficient (Wildman–Crippen LogP) is 3.57. The third kappa shape index (κ3) is 3.78. The van der Waals surface area contributed by atoms with Gasteiger partial charge in [0, 0.05) is 44.1 Å². The Bertz CT molecular complexity index is 743. The van der Waals surface area contributed by atoms with Gasteiger partial charge in [-0.1, -0.05) is 0 Å². The lowest BCUT2D eigenvalue weighted by Gasteiger charge is -2.37. The number of hydrogen-bond acceptors (Lipinski definition) is 4. The molecule has 0 bridgehead atoms. The van der Waals surface area contributed by atoms with E-state index in [2.05, 4.69) is 4.98 Å². The van der Waals surface area contributed by atoms with Crippen molar-refractivity contribution in [2.24, 2.45) is 0 Å². The van der Waals surface area contributed by atoms with Crippen molar-refractivity contribution in [2.75, 3.05) is 43.1 Å². The molecule has 0 saturated carbocycles. The SMILES string of the molecule is COc1ccc(N2CCN(c3cc(C(F)(F)F)ccn3)CC2)cc1F. The topological polar surface area (TPSA) is 28.6 Å². The molecule has 0 atom stereocenters. The van der Waals surface area contributed by atoms with Crippen LogP contribution >= 0.6 is 0 Å². The Morgan fingerprint density at radius 2 is 1.68 bits per heavy atom. The maximum absolute atomic E-state index is 13.8. The molecule has 134 valence electrons. The molecule has 2 heterocycles. The summed E-state index contributed by atoms with van der Waals surface area (Å²) >= 11 is 0. The molecule has 1 fully saturated rings. The van der Waals surface area contributed by atoms with Crippen molar-refractivity contribution < 1.29 is 22.3 Å². The highest BCUT2D eigenvalue weighted by atomic mass is 19.4. The van der Waals surface area contributed by atoms with Gasteiger partial charge >= 0.3 is 6.18 Å². The van der Waals surface area contributed by atoms with Crippen molar-refractivity contribution in [1.82, 2.24) is 4.98 Å². The van der Waals surface area contributed by atoms with E-state index in [-0.39, 0.29) is 5.75 Å². The molecule has 0 spiro atoms. The van der Waals surface area contributed by atoms with E-state index in [9.17, 15) is 17.6 Å². The fourth-order valence-electron chi connectivity index (χ4n) is 2.81. The minimum atomic E-state index is -4.39. The van der Waals surface area contributed by atoms with Crippen LogP contribution in [-0.4, -0.2) is 38.3 Å². The number of halogens is 4. The monoisotopic (exact) mass is 355 g/mol. The Hall–Kier alpha value is -2.51. The number of pyridine rings is 1. The molecule has 0 radical (unpaired) electrons. The van der Waals surface area contributed by atoms with E-state index in [1.165, 1.54) is 19.4 Å². The van der Waals surface area contributed by atoms with Gasteiger partial charge in [-0.25, -0.2) is 9.37 Å². The van der Waals surface area contributed by atoms with Gasteiger partial charge in [0.1, 0.15) is 5.82 Å². The second-order valence-corrected chi connectivity index (χ2v) is 5.69. The van der Waals surface area contributed by atoms with Gasteiger partial charge in [0.05, 0.1) is 12.7 Å². The number of anilines is 2.